The number of aliphatic hydroxyl groups excluding tert-OH is 2. The summed E-state index contributed by atoms with van der Waals surface area (Å²) >= 11 is 0. The first-order valence-corrected chi connectivity index (χ1v) is 6.67. The Morgan fingerprint density at radius 1 is 1.45 bits per heavy atom. The number of fused-ring (bicyclic) bond motifs is 1. The van der Waals surface area contributed by atoms with Crippen molar-refractivity contribution >= 4 is 11.2 Å². The third-order valence-electron chi connectivity index (χ3n) is 3.41. The lowest BCUT2D eigenvalue weighted by molar-refractivity contribution is -0.0459. The molecule has 2 N–H and O–H groups in total. The Labute approximate surface area is 124 Å². The molecule has 1 aliphatic rings. The lowest BCUT2D eigenvalue weighted by Crippen LogP contribution is -2.30. The van der Waals surface area contributed by atoms with Crippen molar-refractivity contribution in [2.45, 2.75) is 24.6 Å². The number of halogens is 1. The molecule has 0 radical (unpaired) electrons. The largest absolute Gasteiger partial charge is 0.472 e. The third kappa shape index (κ3) is 2.32. The lowest BCUT2D eigenvalue weighted by atomic mass is 10.1. The van der Waals surface area contributed by atoms with Gasteiger partial charge in [-0.05, 0) is 0 Å². The van der Waals surface area contributed by atoms with E-state index in [1.54, 1.807) is 6.08 Å². The van der Waals surface area contributed by atoms with Crippen LogP contribution < -0.4 is 4.74 Å². The van der Waals surface area contributed by atoms with Crippen molar-refractivity contribution in [1.29, 1.82) is 0 Å². The summed E-state index contributed by atoms with van der Waals surface area (Å²) in [6.07, 6.45) is -1.07. The van der Waals surface area contributed by atoms with Crippen molar-refractivity contribution in [3.05, 3.63) is 25.3 Å². The molecule has 3 heterocycles. The second-order valence-corrected chi connectivity index (χ2v) is 4.79. The Bertz CT molecular complexity index is 679. The molecule has 0 amide bonds. The van der Waals surface area contributed by atoms with Crippen LogP contribution in [0.1, 0.15) is 6.23 Å². The number of alkyl halides is 1. The molecule has 0 saturated carbocycles. The van der Waals surface area contributed by atoms with Crippen molar-refractivity contribution < 1.29 is 24.1 Å². The summed E-state index contributed by atoms with van der Waals surface area (Å²) in [5.41, 5.74) is 0.662. The Hall–Kier alpha value is -2.10. The van der Waals surface area contributed by atoms with Gasteiger partial charge in [-0.2, -0.15) is 4.98 Å². The minimum Gasteiger partial charge on any atom is -0.472 e. The van der Waals surface area contributed by atoms with E-state index in [4.69, 9.17) is 14.6 Å². The average molecular weight is 310 g/mol. The Morgan fingerprint density at radius 3 is 2.95 bits per heavy atom. The molecule has 0 aliphatic carbocycles. The van der Waals surface area contributed by atoms with E-state index in [1.165, 1.54) is 17.2 Å². The van der Waals surface area contributed by atoms with Gasteiger partial charge in [-0.15, -0.1) is 0 Å². The summed E-state index contributed by atoms with van der Waals surface area (Å²) in [6.45, 7) is 3.31. The van der Waals surface area contributed by atoms with Gasteiger partial charge >= 0.3 is 0 Å². The summed E-state index contributed by atoms with van der Waals surface area (Å²) in [7, 11) is 0. The number of aromatic nitrogens is 4. The zero-order valence-corrected chi connectivity index (χ0v) is 11.5. The second-order valence-electron chi connectivity index (χ2n) is 4.79. The molecular weight excluding hydrogens is 295 g/mol. The van der Waals surface area contributed by atoms with Gasteiger partial charge < -0.3 is 19.7 Å². The maximum atomic E-state index is 14.2. The fourth-order valence-corrected chi connectivity index (χ4v) is 2.34. The van der Waals surface area contributed by atoms with E-state index in [0.717, 1.165) is 0 Å². The molecule has 0 bridgehead atoms. The van der Waals surface area contributed by atoms with Crippen molar-refractivity contribution in [3.63, 3.8) is 0 Å². The summed E-state index contributed by atoms with van der Waals surface area (Å²) in [5.74, 6) is 0.247. The van der Waals surface area contributed by atoms with Crippen LogP contribution in [-0.2, 0) is 4.74 Å². The van der Waals surface area contributed by atoms with Crippen LogP contribution >= 0.6 is 0 Å². The fourth-order valence-electron chi connectivity index (χ4n) is 2.34. The number of imidazole rings is 1. The number of hydrogen-bond acceptors (Lipinski definition) is 7. The van der Waals surface area contributed by atoms with Gasteiger partial charge in [-0.25, -0.2) is 14.4 Å². The van der Waals surface area contributed by atoms with Gasteiger partial charge in [0.1, 0.15) is 25.1 Å². The lowest BCUT2D eigenvalue weighted by Gasteiger charge is -2.14. The number of hydrogen-bond donors (Lipinski definition) is 2. The quantitative estimate of drug-likeness (QED) is 0.748. The summed E-state index contributed by atoms with van der Waals surface area (Å²) in [4.78, 5) is 12.1. The van der Waals surface area contributed by atoms with E-state index in [0.29, 0.717) is 11.2 Å². The smallest absolute Gasteiger partial charge is 0.245 e. The second kappa shape index (κ2) is 5.95. The first kappa shape index (κ1) is 14.8. The van der Waals surface area contributed by atoms with Crippen LogP contribution in [0.3, 0.4) is 0 Å². The maximum absolute atomic E-state index is 14.2. The van der Waals surface area contributed by atoms with Crippen LogP contribution in [0.25, 0.3) is 11.2 Å². The van der Waals surface area contributed by atoms with E-state index in [1.807, 2.05) is 0 Å². The number of nitrogens with zero attached hydrogens (tertiary/aromatic N) is 4. The van der Waals surface area contributed by atoms with E-state index in [9.17, 15) is 9.50 Å². The summed E-state index contributed by atoms with van der Waals surface area (Å²) in [6, 6.07) is 0. The van der Waals surface area contributed by atoms with Gasteiger partial charge in [0.25, 0.3) is 0 Å². The molecule has 1 aliphatic heterocycles. The van der Waals surface area contributed by atoms with Crippen LogP contribution in [0, 0.1) is 0 Å². The molecule has 2 aromatic heterocycles. The van der Waals surface area contributed by atoms with Gasteiger partial charge in [0.15, 0.2) is 23.6 Å². The number of ether oxygens (including phenoxy) is 2. The zero-order chi connectivity index (χ0) is 15.7. The van der Waals surface area contributed by atoms with Crippen molar-refractivity contribution in [3.8, 4) is 5.88 Å². The molecule has 1 fully saturated rings. The topological polar surface area (TPSA) is 103 Å². The molecule has 4 atom stereocenters. The predicted molar refractivity (Wildman–Crippen MR) is 72.9 cm³/mol. The van der Waals surface area contributed by atoms with Gasteiger partial charge in [-0.3, -0.25) is 4.57 Å². The van der Waals surface area contributed by atoms with Gasteiger partial charge in [0.05, 0.1) is 12.9 Å². The van der Waals surface area contributed by atoms with E-state index in [2.05, 4.69) is 21.5 Å². The maximum Gasteiger partial charge on any atom is 0.245 e. The van der Waals surface area contributed by atoms with Crippen LogP contribution in [0.4, 0.5) is 4.39 Å². The molecule has 1 saturated heterocycles. The fraction of sp³-hybridized carbons (Fsp3) is 0.462. The van der Waals surface area contributed by atoms with E-state index in [-0.39, 0.29) is 12.5 Å². The normalized spacial score (nSPS) is 28.1. The number of aliphatic hydroxyl groups is 2. The van der Waals surface area contributed by atoms with E-state index < -0.39 is 31.2 Å². The Balaban J connectivity index is 1.97. The predicted octanol–water partition coefficient (Wildman–Crippen LogP) is -0.0202. The Morgan fingerprint density at radius 2 is 2.27 bits per heavy atom. The summed E-state index contributed by atoms with van der Waals surface area (Å²) in [5, 5.41) is 18.8. The SMILES string of the molecule is C=CCOc1ncnc2c1ncn2C1O[C@H](CO)[C@@H](O)[C@H]1F. The Kier molecular flexibility index (Phi) is 4.01. The molecule has 118 valence electrons. The first-order valence-electron chi connectivity index (χ1n) is 6.67. The first-order chi connectivity index (χ1) is 10.7. The molecule has 1 unspecified atom stereocenters. The van der Waals surface area contributed by atoms with Gasteiger partial charge in [-0.1, -0.05) is 12.7 Å². The van der Waals surface area contributed by atoms with Crippen molar-refractivity contribution in [2.75, 3.05) is 13.2 Å². The van der Waals surface area contributed by atoms with Crippen molar-refractivity contribution in [1.82, 2.24) is 19.5 Å². The minimum atomic E-state index is -1.71. The van der Waals surface area contributed by atoms with Crippen LogP contribution in [0.15, 0.2) is 25.3 Å². The highest BCUT2D eigenvalue weighted by Crippen LogP contribution is 2.34. The number of rotatable bonds is 5. The van der Waals surface area contributed by atoms with Crippen LogP contribution in [0.2, 0.25) is 0 Å². The van der Waals surface area contributed by atoms with Crippen LogP contribution in [0.5, 0.6) is 5.88 Å². The van der Waals surface area contributed by atoms with Crippen molar-refractivity contribution in [2.24, 2.45) is 0 Å². The highest BCUT2D eigenvalue weighted by molar-refractivity contribution is 5.76. The molecular formula is C13H15FN4O4. The van der Waals surface area contributed by atoms with Crippen LogP contribution in [-0.4, -0.2) is 61.3 Å². The molecule has 0 spiro atoms. The highest BCUT2D eigenvalue weighted by atomic mass is 19.1. The minimum absolute atomic E-state index is 0.246. The molecule has 3 rings (SSSR count). The molecule has 0 aromatic carbocycles. The monoisotopic (exact) mass is 310 g/mol. The molecule has 2 aromatic rings. The molecule has 9 heteroatoms. The molecule has 8 nitrogen and oxygen atoms in total. The zero-order valence-electron chi connectivity index (χ0n) is 11.5. The highest BCUT2D eigenvalue weighted by Gasteiger charge is 2.45. The third-order valence-corrected chi connectivity index (χ3v) is 3.41. The average Bonchev–Trinajstić information content (AvgIpc) is 3.08. The van der Waals surface area contributed by atoms with E-state index >= 15 is 0 Å². The summed E-state index contributed by atoms with van der Waals surface area (Å²) < 4.78 is 26.2. The standard InChI is InChI=1S/C13H15FN4O4/c1-2-3-21-12-9-11(15-5-16-12)18(6-17-9)13-8(14)10(20)7(4-19)22-13/h2,5-8,10,13,19-20H,1,3-4H2/t7-,8-,10-,13?/m1/s1. The van der Waals surface area contributed by atoms with Gasteiger partial charge in [0, 0.05) is 0 Å². The molecule has 22 heavy (non-hydrogen) atoms. The van der Waals surface area contributed by atoms with Gasteiger partial charge in [0.2, 0.25) is 5.88 Å².